The highest BCUT2D eigenvalue weighted by atomic mass is 32.2. The van der Waals surface area contributed by atoms with E-state index < -0.39 is 21.8 Å². The maximum Gasteiger partial charge on any atom is 0.335 e. The van der Waals surface area contributed by atoms with Crippen molar-refractivity contribution in [2.75, 3.05) is 18.5 Å². The molecule has 0 fully saturated rings. The predicted molar refractivity (Wildman–Crippen MR) is 103 cm³/mol. The molecule has 7 nitrogen and oxygen atoms in total. The molecule has 3 aromatic rings. The highest BCUT2D eigenvalue weighted by molar-refractivity contribution is 7.92. The van der Waals surface area contributed by atoms with Crippen LogP contribution in [0.5, 0.6) is 5.75 Å². The fourth-order valence-electron chi connectivity index (χ4n) is 2.44. The molecule has 0 atom stereocenters. The number of sulfonamides is 1. The van der Waals surface area contributed by atoms with E-state index in [2.05, 4.69) is 4.98 Å². The molecule has 1 N–H and O–H groups in total. The van der Waals surface area contributed by atoms with E-state index in [4.69, 9.17) is 9.84 Å². The highest BCUT2D eigenvalue weighted by Gasteiger charge is 2.27. The van der Waals surface area contributed by atoms with Gasteiger partial charge in [-0.1, -0.05) is 0 Å². The predicted octanol–water partition coefficient (Wildman–Crippen LogP) is 3.48. The Morgan fingerprint density at radius 1 is 1.21 bits per heavy atom. The van der Waals surface area contributed by atoms with E-state index in [1.807, 2.05) is 0 Å². The standard InChI is InChI=1S/C18H15FN2O5S2/c1-21(14-8-5-12(18(22)23)9-15(14)26-2)28(24,25)16-10-27-17(20-16)11-3-6-13(19)7-4-11/h3-10H,1-2H3,(H,22,23). The van der Waals surface area contributed by atoms with E-state index in [1.165, 1.54) is 62.0 Å². The summed E-state index contributed by atoms with van der Waals surface area (Å²) in [6, 6.07) is 9.46. The molecule has 0 unspecified atom stereocenters. The zero-order chi connectivity index (χ0) is 20.5. The molecule has 28 heavy (non-hydrogen) atoms. The summed E-state index contributed by atoms with van der Waals surface area (Å²) in [5.41, 5.74) is 0.737. The van der Waals surface area contributed by atoms with Crippen LogP contribution in [-0.4, -0.2) is 38.6 Å². The zero-order valence-corrected chi connectivity index (χ0v) is 16.4. The average molecular weight is 422 g/mol. The first-order chi connectivity index (χ1) is 13.2. The number of carbonyl (C=O) groups is 1. The van der Waals surface area contributed by atoms with Crippen molar-refractivity contribution in [1.82, 2.24) is 4.98 Å². The van der Waals surface area contributed by atoms with Crippen molar-refractivity contribution in [3.63, 3.8) is 0 Å². The number of carboxylic acids is 1. The number of methoxy groups -OCH3 is 1. The van der Waals surface area contributed by atoms with Crippen molar-refractivity contribution < 1.29 is 27.4 Å². The minimum atomic E-state index is -4.02. The molecule has 146 valence electrons. The lowest BCUT2D eigenvalue weighted by molar-refractivity contribution is 0.0696. The van der Waals surface area contributed by atoms with Crippen molar-refractivity contribution in [2.24, 2.45) is 0 Å². The molecule has 0 saturated carbocycles. The van der Waals surface area contributed by atoms with Gasteiger partial charge in [-0.15, -0.1) is 11.3 Å². The van der Waals surface area contributed by atoms with Crippen LogP contribution in [0.1, 0.15) is 10.4 Å². The molecule has 0 radical (unpaired) electrons. The second-order valence-corrected chi connectivity index (χ2v) is 8.44. The van der Waals surface area contributed by atoms with Gasteiger partial charge >= 0.3 is 5.97 Å². The normalized spacial score (nSPS) is 11.2. The van der Waals surface area contributed by atoms with E-state index >= 15 is 0 Å². The molecule has 0 saturated heterocycles. The number of anilines is 1. The van der Waals surface area contributed by atoms with Crippen molar-refractivity contribution >= 4 is 33.0 Å². The summed E-state index contributed by atoms with van der Waals surface area (Å²) in [6.07, 6.45) is 0. The van der Waals surface area contributed by atoms with Crippen LogP contribution < -0.4 is 9.04 Å². The summed E-state index contributed by atoms with van der Waals surface area (Å²) in [5.74, 6) is -1.46. The van der Waals surface area contributed by atoms with E-state index in [0.717, 1.165) is 15.6 Å². The molecule has 0 amide bonds. The van der Waals surface area contributed by atoms with E-state index in [-0.39, 0.29) is 22.0 Å². The van der Waals surface area contributed by atoms with Crippen LogP contribution in [0.3, 0.4) is 0 Å². The summed E-state index contributed by atoms with van der Waals surface area (Å²) < 4.78 is 45.1. The SMILES string of the molecule is COc1cc(C(=O)O)ccc1N(C)S(=O)(=O)c1csc(-c2ccc(F)cc2)n1. The van der Waals surface area contributed by atoms with Crippen LogP contribution in [0, 0.1) is 5.82 Å². The van der Waals surface area contributed by atoms with Crippen LogP contribution >= 0.6 is 11.3 Å². The van der Waals surface area contributed by atoms with Crippen molar-refractivity contribution in [3.05, 3.63) is 59.2 Å². The largest absolute Gasteiger partial charge is 0.495 e. The van der Waals surface area contributed by atoms with Gasteiger partial charge in [-0.2, -0.15) is 8.42 Å². The molecule has 0 aliphatic carbocycles. The number of halogens is 1. The number of hydrogen-bond donors (Lipinski definition) is 1. The molecule has 0 aliphatic rings. The van der Waals surface area contributed by atoms with Gasteiger partial charge in [0.25, 0.3) is 10.0 Å². The third-order valence-electron chi connectivity index (χ3n) is 3.97. The summed E-state index contributed by atoms with van der Waals surface area (Å²) in [6.45, 7) is 0. The summed E-state index contributed by atoms with van der Waals surface area (Å²) in [4.78, 5) is 15.3. The summed E-state index contributed by atoms with van der Waals surface area (Å²) in [7, 11) is -1.38. The van der Waals surface area contributed by atoms with Gasteiger partial charge in [0.15, 0.2) is 5.03 Å². The molecule has 2 aromatic carbocycles. The van der Waals surface area contributed by atoms with Crippen LogP contribution in [-0.2, 0) is 10.0 Å². The first-order valence-corrected chi connectivity index (χ1v) is 10.2. The lowest BCUT2D eigenvalue weighted by Crippen LogP contribution is -2.27. The monoisotopic (exact) mass is 422 g/mol. The Bertz CT molecular complexity index is 1130. The second-order valence-electron chi connectivity index (χ2n) is 5.66. The van der Waals surface area contributed by atoms with E-state index in [9.17, 15) is 17.6 Å². The van der Waals surface area contributed by atoms with E-state index in [1.54, 1.807) is 0 Å². The van der Waals surface area contributed by atoms with Gasteiger partial charge in [0.1, 0.15) is 16.6 Å². The third kappa shape index (κ3) is 3.69. The molecule has 1 heterocycles. The van der Waals surface area contributed by atoms with Gasteiger partial charge in [0, 0.05) is 18.0 Å². The Morgan fingerprint density at radius 3 is 2.50 bits per heavy atom. The van der Waals surface area contributed by atoms with Gasteiger partial charge in [-0.05, 0) is 42.5 Å². The number of benzene rings is 2. The minimum Gasteiger partial charge on any atom is -0.495 e. The number of ether oxygens (including phenoxy) is 1. The third-order valence-corrected chi connectivity index (χ3v) is 6.66. The summed E-state index contributed by atoms with van der Waals surface area (Å²) >= 11 is 1.12. The zero-order valence-electron chi connectivity index (χ0n) is 14.8. The van der Waals surface area contributed by atoms with Crippen molar-refractivity contribution in [1.29, 1.82) is 0 Å². The van der Waals surface area contributed by atoms with Crippen molar-refractivity contribution in [3.8, 4) is 16.3 Å². The molecule has 1 aromatic heterocycles. The van der Waals surface area contributed by atoms with Gasteiger partial charge in [0.2, 0.25) is 0 Å². The van der Waals surface area contributed by atoms with Gasteiger partial charge < -0.3 is 9.84 Å². The smallest absolute Gasteiger partial charge is 0.335 e. The molecule has 0 spiro atoms. The van der Waals surface area contributed by atoms with E-state index in [0.29, 0.717) is 10.6 Å². The molecule has 3 rings (SSSR count). The van der Waals surface area contributed by atoms with Crippen LogP contribution in [0.25, 0.3) is 10.6 Å². The summed E-state index contributed by atoms with van der Waals surface area (Å²) in [5, 5.41) is 10.7. The Balaban J connectivity index is 1.97. The second kappa shape index (κ2) is 7.56. The number of nitrogens with zero attached hydrogens (tertiary/aromatic N) is 2. The molecule has 0 bridgehead atoms. The quantitative estimate of drug-likeness (QED) is 0.653. The highest BCUT2D eigenvalue weighted by Crippen LogP contribution is 2.33. The van der Waals surface area contributed by atoms with Gasteiger partial charge in [-0.3, -0.25) is 4.31 Å². The first kappa shape index (κ1) is 19.8. The molecular weight excluding hydrogens is 407 g/mol. The first-order valence-electron chi connectivity index (χ1n) is 7.86. The van der Waals surface area contributed by atoms with Crippen LogP contribution in [0.15, 0.2) is 52.9 Å². The number of aromatic carboxylic acids is 1. The maximum absolute atomic E-state index is 13.1. The molecular formula is C18H15FN2O5S2. The fourth-order valence-corrected chi connectivity index (χ4v) is 4.72. The lowest BCUT2D eigenvalue weighted by atomic mass is 10.2. The Hall–Kier alpha value is -2.98. The number of thiazole rings is 1. The average Bonchev–Trinajstić information content (AvgIpc) is 3.18. The maximum atomic E-state index is 13.1. The molecule has 0 aliphatic heterocycles. The number of aromatic nitrogens is 1. The minimum absolute atomic E-state index is 0.0290. The topological polar surface area (TPSA) is 96.8 Å². The fraction of sp³-hybridized carbons (Fsp3) is 0.111. The van der Waals surface area contributed by atoms with Crippen molar-refractivity contribution in [2.45, 2.75) is 5.03 Å². The lowest BCUT2D eigenvalue weighted by Gasteiger charge is -2.20. The Labute approximate surface area is 164 Å². The van der Waals surface area contributed by atoms with Gasteiger partial charge in [0.05, 0.1) is 18.4 Å². The Kier molecular flexibility index (Phi) is 5.34. The number of hydrogen-bond acceptors (Lipinski definition) is 6. The van der Waals surface area contributed by atoms with Crippen LogP contribution in [0.2, 0.25) is 0 Å². The number of carboxylic acid groups (broad SMARTS) is 1. The van der Waals surface area contributed by atoms with Crippen LogP contribution in [0.4, 0.5) is 10.1 Å². The van der Waals surface area contributed by atoms with Gasteiger partial charge in [-0.25, -0.2) is 14.2 Å². The number of rotatable bonds is 6. The molecule has 10 heteroatoms. The Morgan fingerprint density at radius 2 is 1.89 bits per heavy atom.